The van der Waals surface area contributed by atoms with Crippen molar-refractivity contribution in [1.82, 2.24) is 0 Å². The molecular formula is C15H14INO. The first-order chi connectivity index (χ1) is 8.65. The summed E-state index contributed by atoms with van der Waals surface area (Å²) < 4.78 is 1.05. The van der Waals surface area contributed by atoms with Crippen LogP contribution in [0.15, 0.2) is 48.5 Å². The van der Waals surface area contributed by atoms with Crippen molar-refractivity contribution in [2.45, 2.75) is 13.3 Å². The van der Waals surface area contributed by atoms with Crippen molar-refractivity contribution in [1.29, 1.82) is 0 Å². The summed E-state index contributed by atoms with van der Waals surface area (Å²) in [6.07, 6.45) is 0.408. The summed E-state index contributed by atoms with van der Waals surface area (Å²) in [5, 5.41) is 2.93. The van der Waals surface area contributed by atoms with E-state index in [0.29, 0.717) is 6.42 Å². The highest BCUT2D eigenvalue weighted by Gasteiger charge is 2.05. The number of benzene rings is 2. The maximum Gasteiger partial charge on any atom is 0.228 e. The van der Waals surface area contributed by atoms with Gasteiger partial charge in [0.2, 0.25) is 5.91 Å². The smallest absolute Gasteiger partial charge is 0.228 e. The Hall–Kier alpha value is -1.36. The van der Waals surface area contributed by atoms with Gasteiger partial charge in [0.1, 0.15) is 0 Å². The third kappa shape index (κ3) is 3.57. The zero-order valence-corrected chi connectivity index (χ0v) is 12.3. The average Bonchev–Trinajstić information content (AvgIpc) is 2.35. The summed E-state index contributed by atoms with van der Waals surface area (Å²) in [5.74, 6) is 0.0166. The van der Waals surface area contributed by atoms with Crippen LogP contribution in [-0.4, -0.2) is 5.91 Å². The quantitative estimate of drug-likeness (QED) is 0.838. The molecular weight excluding hydrogens is 337 g/mol. The van der Waals surface area contributed by atoms with Crippen molar-refractivity contribution in [2.75, 3.05) is 5.32 Å². The predicted octanol–water partition coefficient (Wildman–Crippen LogP) is 3.78. The highest BCUT2D eigenvalue weighted by atomic mass is 127. The Labute approximate surface area is 121 Å². The van der Waals surface area contributed by atoms with Crippen molar-refractivity contribution < 1.29 is 4.79 Å². The highest BCUT2D eigenvalue weighted by molar-refractivity contribution is 14.1. The van der Waals surface area contributed by atoms with E-state index in [2.05, 4.69) is 27.9 Å². The number of nitrogens with one attached hydrogen (secondary N) is 1. The molecule has 0 aliphatic rings. The topological polar surface area (TPSA) is 29.1 Å². The summed E-state index contributed by atoms with van der Waals surface area (Å²) >= 11 is 2.21. The van der Waals surface area contributed by atoms with Crippen LogP contribution in [0.1, 0.15) is 11.1 Å². The Bertz CT molecular complexity index is 549. The molecule has 18 heavy (non-hydrogen) atoms. The lowest BCUT2D eigenvalue weighted by molar-refractivity contribution is -0.115. The Morgan fingerprint density at radius 2 is 1.78 bits per heavy atom. The van der Waals surface area contributed by atoms with E-state index in [4.69, 9.17) is 0 Å². The van der Waals surface area contributed by atoms with Crippen LogP contribution >= 0.6 is 22.6 Å². The van der Waals surface area contributed by atoms with Crippen LogP contribution in [0.4, 0.5) is 5.69 Å². The molecule has 2 aromatic carbocycles. The standard InChI is InChI=1S/C15H14INO/c1-11-6-8-12(9-7-11)10-15(18)17-14-5-3-2-4-13(14)16/h2-9H,10H2,1H3,(H,17,18). The zero-order chi connectivity index (χ0) is 13.0. The molecule has 1 amide bonds. The number of anilines is 1. The molecule has 3 heteroatoms. The molecule has 0 unspecified atom stereocenters. The predicted molar refractivity (Wildman–Crippen MR) is 82.7 cm³/mol. The van der Waals surface area contributed by atoms with E-state index in [1.165, 1.54) is 5.56 Å². The molecule has 2 nitrogen and oxygen atoms in total. The van der Waals surface area contributed by atoms with E-state index in [9.17, 15) is 4.79 Å². The van der Waals surface area contributed by atoms with Crippen molar-refractivity contribution in [3.8, 4) is 0 Å². The van der Waals surface area contributed by atoms with E-state index in [-0.39, 0.29) is 5.91 Å². The molecule has 0 atom stereocenters. The van der Waals surface area contributed by atoms with Gasteiger partial charge >= 0.3 is 0 Å². The van der Waals surface area contributed by atoms with E-state index in [0.717, 1.165) is 14.8 Å². The Morgan fingerprint density at radius 1 is 1.11 bits per heavy atom. The van der Waals surface area contributed by atoms with Crippen molar-refractivity contribution in [3.63, 3.8) is 0 Å². The van der Waals surface area contributed by atoms with E-state index in [1.54, 1.807) is 0 Å². The van der Waals surface area contributed by atoms with Crippen LogP contribution < -0.4 is 5.32 Å². The molecule has 92 valence electrons. The number of carbonyl (C=O) groups excluding carboxylic acids is 1. The number of hydrogen-bond donors (Lipinski definition) is 1. The van der Waals surface area contributed by atoms with Crippen LogP contribution in [-0.2, 0) is 11.2 Å². The van der Waals surface area contributed by atoms with Crippen LogP contribution in [0.5, 0.6) is 0 Å². The summed E-state index contributed by atoms with van der Waals surface area (Å²) in [6, 6.07) is 15.8. The van der Waals surface area contributed by atoms with Gasteiger partial charge in [0.15, 0.2) is 0 Å². The van der Waals surface area contributed by atoms with E-state index in [1.807, 2.05) is 55.5 Å². The SMILES string of the molecule is Cc1ccc(CC(=O)Nc2ccccc2I)cc1. The van der Waals surface area contributed by atoms with Crippen LogP contribution in [0.25, 0.3) is 0 Å². The molecule has 1 N–H and O–H groups in total. The lowest BCUT2D eigenvalue weighted by atomic mass is 10.1. The second-order valence-electron chi connectivity index (χ2n) is 4.19. The summed E-state index contributed by atoms with van der Waals surface area (Å²) in [4.78, 5) is 11.9. The molecule has 0 saturated heterocycles. The van der Waals surface area contributed by atoms with Gasteiger partial charge < -0.3 is 5.32 Å². The molecule has 0 aromatic heterocycles. The van der Waals surface area contributed by atoms with Crippen LogP contribution in [0.3, 0.4) is 0 Å². The maximum absolute atomic E-state index is 11.9. The van der Waals surface area contributed by atoms with Gasteiger partial charge in [-0.25, -0.2) is 0 Å². The number of carbonyl (C=O) groups is 1. The molecule has 0 aliphatic heterocycles. The normalized spacial score (nSPS) is 10.1. The van der Waals surface area contributed by atoms with E-state index < -0.39 is 0 Å². The lowest BCUT2D eigenvalue weighted by Gasteiger charge is -2.07. The summed E-state index contributed by atoms with van der Waals surface area (Å²) in [6.45, 7) is 2.04. The van der Waals surface area contributed by atoms with Gasteiger partial charge in [0.25, 0.3) is 0 Å². The number of halogens is 1. The molecule has 0 radical (unpaired) electrons. The molecule has 0 aliphatic carbocycles. The molecule has 0 fully saturated rings. The molecule has 2 rings (SSSR count). The Morgan fingerprint density at radius 3 is 2.44 bits per heavy atom. The number of hydrogen-bond acceptors (Lipinski definition) is 1. The number of para-hydroxylation sites is 1. The Balaban J connectivity index is 2.01. The molecule has 0 bridgehead atoms. The minimum atomic E-state index is 0.0166. The first-order valence-electron chi connectivity index (χ1n) is 5.75. The molecule has 0 heterocycles. The van der Waals surface area contributed by atoms with Crippen molar-refractivity contribution in [3.05, 3.63) is 63.2 Å². The number of rotatable bonds is 3. The minimum Gasteiger partial charge on any atom is -0.325 e. The fraction of sp³-hybridized carbons (Fsp3) is 0.133. The third-order valence-corrected chi connectivity index (χ3v) is 3.57. The monoisotopic (exact) mass is 351 g/mol. The average molecular weight is 351 g/mol. The fourth-order valence-corrected chi connectivity index (χ4v) is 2.17. The van der Waals surface area contributed by atoms with Gasteiger partial charge in [0.05, 0.1) is 12.1 Å². The second-order valence-corrected chi connectivity index (χ2v) is 5.35. The third-order valence-electron chi connectivity index (χ3n) is 2.63. The largest absolute Gasteiger partial charge is 0.325 e. The summed E-state index contributed by atoms with van der Waals surface area (Å²) in [7, 11) is 0. The van der Waals surface area contributed by atoms with Gasteiger partial charge in [-0.2, -0.15) is 0 Å². The van der Waals surface area contributed by atoms with Crippen molar-refractivity contribution >= 4 is 34.2 Å². The molecule has 0 spiro atoms. The second kappa shape index (κ2) is 6.00. The van der Waals surface area contributed by atoms with E-state index >= 15 is 0 Å². The van der Waals surface area contributed by atoms with Gasteiger partial charge in [-0.15, -0.1) is 0 Å². The lowest BCUT2D eigenvalue weighted by Crippen LogP contribution is -2.15. The zero-order valence-electron chi connectivity index (χ0n) is 10.1. The Kier molecular flexibility index (Phi) is 4.36. The van der Waals surface area contributed by atoms with Crippen LogP contribution in [0.2, 0.25) is 0 Å². The fourth-order valence-electron chi connectivity index (χ4n) is 1.65. The number of aryl methyl sites for hydroxylation is 1. The first-order valence-corrected chi connectivity index (χ1v) is 6.83. The highest BCUT2D eigenvalue weighted by Crippen LogP contribution is 2.17. The minimum absolute atomic E-state index is 0.0166. The maximum atomic E-state index is 11.9. The van der Waals surface area contributed by atoms with Crippen molar-refractivity contribution in [2.24, 2.45) is 0 Å². The van der Waals surface area contributed by atoms with Gasteiger partial charge in [-0.05, 0) is 47.2 Å². The van der Waals surface area contributed by atoms with Gasteiger partial charge in [-0.3, -0.25) is 4.79 Å². The first kappa shape index (κ1) is 13.1. The van der Waals surface area contributed by atoms with Gasteiger partial charge in [-0.1, -0.05) is 42.0 Å². The molecule has 0 saturated carbocycles. The summed E-state index contributed by atoms with van der Waals surface area (Å²) in [5.41, 5.74) is 3.11. The van der Waals surface area contributed by atoms with Crippen LogP contribution in [0, 0.1) is 10.5 Å². The number of amides is 1. The van der Waals surface area contributed by atoms with Gasteiger partial charge in [0, 0.05) is 3.57 Å². The molecule has 2 aromatic rings.